The third-order valence-electron chi connectivity index (χ3n) is 3.02. The molecule has 0 bridgehead atoms. The summed E-state index contributed by atoms with van der Waals surface area (Å²) < 4.78 is 4.94. The van der Waals surface area contributed by atoms with Crippen LogP contribution < -0.4 is 5.32 Å². The van der Waals surface area contributed by atoms with E-state index >= 15 is 0 Å². The van der Waals surface area contributed by atoms with E-state index in [4.69, 9.17) is 4.74 Å². The van der Waals surface area contributed by atoms with E-state index in [-0.39, 0.29) is 24.0 Å². The number of aromatic nitrogens is 1. The van der Waals surface area contributed by atoms with Crippen LogP contribution in [-0.4, -0.2) is 29.3 Å². The number of Topliss-reactive ketones (excluding diaryl/α,β-unsaturated/α-hetero) is 1. The van der Waals surface area contributed by atoms with Gasteiger partial charge in [-0.05, 0) is 36.4 Å². The van der Waals surface area contributed by atoms with E-state index in [1.54, 1.807) is 43.3 Å². The SMILES string of the molecule is CCC(=O)Nc1ccc(C(=O)COC(=O)c2ccccn2)cc1. The first kappa shape index (κ1) is 16.4. The lowest BCUT2D eigenvalue weighted by atomic mass is 10.1. The van der Waals surface area contributed by atoms with Crippen molar-refractivity contribution in [2.24, 2.45) is 0 Å². The van der Waals surface area contributed by atoms with E-state index in [0.29, 0.717) is 17.7 Å². The van der Waals surface area contributed by atoms with Crippen molar-refractivity contribution in [2.75, 3.05) is 11.9 Å². The van der Waals surface area contributed by atoms with Crippen molar-refractivity contribution < 1.29 is 19.1 Å². The molecule has 1 aromatic carbocycles. The van der Waals surface area contributed by atoms with Gasteiger partial charge in [-0.15, -0.1) is 0 Å². The molecule has 0 unspecified atom stereocenters. The van der Waals surface area contributed by atoms with Gasteiger partial charge in [0.15, 0.2) is 12.4 Å². The fourth-order valence-corrected chi connectivity index (χ4v) is 1.76. The number of anilines is 1. The number of nitrogens with zero attached hydrogens (tertiary/aromatic N) is 1. The number of pyridine rings is 1. The molecule has 1 aromatic heterocycles. The molecule has 0 radical (unpaired) electrons. The highest BCUT2D eigenvalue weighted by atomic mass is 16.5. The van der Waals surface area contributed by atoms with Crippen LogP contribution in [0.4, 0.5) is 5.69 Å². The molecule has 118 valence electrons. The third-order valence-corrected chi connectivity index (χ3v) is 3.02. The average molecular weight is 312 g/mol. The molecule has 0 atom stereocenters. The number of nitrogens with one attached hydrogen (secondary N) is 1. The van der Waals surface area contributed by atoms with Gasteiger partial charge in [-0.3, -0.25) is 9.59 Å². The molecule has 0 aliphatic carbocycles. The minimum Gasteiger partial charge on any atom is -0.453 e. The topological polar surface area (TPSA) is 85.4 Å². The highest BCUT2D eigenvalue weighted by Crippen LogP contribution is 2.11. The van der Waals surface area contributed by atoms with Crippen LogP contribution in [0.25, 0.3) is 0 Å². The Morgan fingerprint density at radius 1 is 1.09 bits per heavy atom. The van der Waals surface area contributed by atoms with E-state index in [0.717, 1.165) is 0 Å². The first-order chi connectivity index (χ1) is 11.1. The Bertz CT molecular complexity index is 696. The fourth-order valence-electron chi connectivity index (χ4n) is 1.76. The van der Waals surface area contributed by atoms with Gasteiger partial charge < -0.3 is 10.1 Å². The molecule has 2 aromatic rings. The van der Waals surface area contributed by atoms with Crippen molar-refractivity contribution in [3.8, 4) is 0 Å². The van der Waals surface area contributed by atoms with E-state index in [1.807, 2.05) is 0 Å². The van der Waals surface area contributed by atoms with E-state index in [1.165, 1.54) is 12.3 Å². The molecule has 0 aliphatic rings. The minimum atomic E-state index is -0.647. The first-order valence-electron chi connectivity index (χ1n) is 7.11. The van der Waals surface area contributed by atoms with Gasteiger partial charge in [0.05, 0.1) is 0 Å². The van der Waals surface area contributed by atoms with Crippen LogP contribution >= 0.6 is 0 Å². The Labute approximate surface area is 133 Å². The Morgan fingerprint density at radius 2 is 1.83 bits per heavy atom. The van der Waals surface area contributed by atoms with Crippen LogP contribution in [0.2, 0.25) is 0 Å². The molecule has 0 saturated heterocycles. The highest BCUT2D eigenvalue weighted by Gasteiger charge is 2.12. The molecule has 6 nitrogen and oxygen atoms in total. The fraction of sp³-hybridized carbons (Fsp3) is 0.176. The molecule has 0 aliphatic heterocycles. The number of benzene rings is 1. The predicted octanol–water partition coefficient (Wildman–Crippen LogP) is 2.47. The van der Waals surface area contributed by atoms with Gasteiger partial charge >= 0.3 is 5.97 Å². The molecule has 1 amide bonds. The maximum Gasteiger partial charge on any atom is 0.357 e. The minimum absolute atomic E-state index is 0.103. The number of amides is 1. The summed E-state index contributed by atoms with van der Waals surface area (Å²) in [5, 5.41) is 2.69. The summed E-state index contributed by atoms with van der Waals surface area (Å²) in [6.07, 6.45) is 1.85. The number of rotatable bonds is 6. The average Bonchev–Trinajstić information content (AvgIpc) is 2.60. The zero-order valence-corrected chi connectivity index (χ0v) is 12.6. The van der Waals surface area contributed by atoms with Crippen LogP contribution in [0.15, 0.2) is 48.7 Å². The predicted molar refractivity (Wildman–Crippen MR) is 84.2 cm³/mol. The Morgan fingerprint density at radius 3 is 2.43 bits per heavy atom. The van der Waals surface area contributed by atoms with Crippen LogP contribution in [0, 0.1) is 0 Å². The quantitative estimate of drug-likeness (QED) is 0.654. The molecular formula is C17H16N2O4. The summed E-state index contributed by atoms with van der Waals surface area (Å²) in [7, 11) is 0. The summed E-state index contributed by atoms with van der Waals surface area (Å²) >= 11 is 0. The molecule has 0 spiro atoms. The summed E-state index contributed by atoms with van der Waals surface area (Å²) in [4.78, 5) is 38.8. The van der Waals surface area contributed by atoms with E-state index in [2.05, 4.69) is 10.3 Å². The number of esters is 1. The lowest BCUT2D eigenvalue weighted by molar-refractivity contribution is -0.115. The second-order valence-corrected chi connectivity index (χ2v) is 4.69. The normalized spacial score (nSPS) is 9.96. The van der Waals surface area contributed by atoms with Crippen molar-refractivity contribution in [3.05, 3.63) is 59.9 Å². The van der Waals surface area contributed by atoms with Crippen LogP contribution in [0.5, 0.6) is 0 Å². The third kappa shape index (κ3) is 4.74. The summed E-state index contributed by atoms with van der Waals surface area (Å²) in [5.74, 6) is -1.08. The lowest BCUT2D eigenvalue weighted by Gasteiger charge is -2.06. The van der Waals surface area contributed by atoms with Gasteiger partial charge in [-0.2, -0.15) is 0 Å². The van der Waals surface area contributed by atoms with Crippen LogP contribution in [-0.2, 0) is 9.53 Å². The van der Waals surface area contributed by atoms with E-state index < -0.39 is 5.97 Å². The maximum absolute atomic E-state index is 12.0. The van der Waals surface area contributed by atoms with Crippen molar-refractivity contribution >= 4 is 23.3 Å². The van der Waals surface area contributed by atoms with Crippen LogP contribution in [0.3, 0.4) is 0 Å². The van der Waals surface area contributed by atoms with Crippen LogP contribution in [0.1, 0.15) is 34.2 Å². The number of carbonyl (C=O) groups is 3. The Balaban J connectivity index is 1.91. The second kappa shape index (κ2) is 7.84. The highest BCUT2D eigenvalue weighted by molar-refractivity contribution is 5.99. The molecule has 6 heteroatoms. The van der Waals surface area contributed by atoms with Gasteiger partial charge in [0.2, 0.25) is 5.91 Å². The van der Waals surface area contributed by atoms with Gasteiger partial charge in [0, 0.05) is 23.9 Å². The van der Waals surface area contributed by atoms with Crippen molar-refractivity contribution in [1.82, 2.24) is 4.98 Å². The van der Waals surface area contributed by atoms with Gasteiger partial charge in [-0.1, -0.05) is 13.0 Å². The number of ketones is 1. The summed E-state index contributed by atoms with van der Waals surface area (Å²) in [5.41, 5.74) is 1.16. The van der Waals surface area contributed by atoms with Crippen molar-refractivity contribution in [2.45, 2.75) is 13.3 Å². The molecular weight excluding hydrogens is 296 g/mol. The largest absolute Gasteiger partial charge is 0.453 e. The molecule has 0 fully saturated rings. The van der Waals surface area contributed by atoms with Gasteiger partial charge in [0.1, 0.15) is 5.69 Å². The maximum atomic E-state index is 12.0. The first-order valence-corrected chi connectivity index (χ1v) is 7.11. The van der Waals surface area contributed by atoms with Gasteiger partial charge in [-0.25, -0.2) is 9.78 Å². The molecule has 2 rings (SSSR count). The summed E-state index contributed by atoms with van der Waals surface area (Å²) in [6.45, 7) is 1.39. The zero-order chi connectivity index (χ0) is 16.7. The van der Waals surface area contributed by atoms with Crippen molar-refractivity contribution in [3.63, 3.8) is 0 Å². The zero-order valence-electron chi connectivity index (χ0n) is 12.6. The second-order valence-electron chi connectivity index (χ2n) is 4.69. The molecule has 0 saturated carbocycles. The molecule has 1 N–H and O–H groups in total. The Kier molecular flexibility index (Phi) is 5.57. The smallest absolute Gasteiger partial charge is 0.357 e. The monoisotopic (exact) mass is 312 g/mol. The Hall–Kier alpha value is -3.02. The number of ether oxygens (including phenoxy) is 1. The number of carbonyl (C=O) groups excluding carboxylic acids is 3. The van der Waals surface area contributed by atoms with E-state index in [9.17, 15) is 14.4 Å². The molecule has 23 heavy (non-hydrogen) atoms. The lowest BCUT2D eigenvalue weighted by Crippen LogP contribution is -2.15. The number of hydrogen-bond acceptors (Lipinski definition) is 5. The van der Waals surface area contributed by atoms with Crippen molar-refractivity contribution in [1.29, 1.82) is 0 Å². The standard InChI is InChI=1S/C17H16N2O4/c1-2-16(21)19-13-8-6-12(7-9-13)15(20)11-23-17(22)14-5-3-4-10-18-14/h3-10H,2,11H2,1H3,(H,19,21). The molecule has 1 heterocycles. The van der Waals surface area contributed by atoms with Gasteiger partial charge in [0.25, 0.3) is 0 Å². The number of hydrogen-bond donors (Lipinski definition) is 1. The summed E-state index contributed by atoms with van der Waals surface area (Å²) in [6, 6.07) is 11.3.